The molecule has 0 aromatic rings. The fraction of sp³-hybridized carbons (Fsp3) is 0. The molecule has 13 heteroatoms. The topological polar surface area (TPSA) is 295 Å². The van der Waals surface area contributed by atoms with Crippen molar-refractivity contribution in [3.05, 3.63) is 0 Å². The monoisotopic (exact) mass is 250 g/mol. The predicted octanol–water partition coefficient (Wildman–Crippen LogP) is -6.58. The SMILES string of the molecule is O.O.O.O.O.O.O.O=S(=O)(O)O.[H-].[H-].[Mg+2]. The fourth-order valence-corrected chi connectivity index (χ4v) is 0. The van der Waals surface area contributed by atoms with Crippen molar-refractivity contribution >= 4 is 33.5 Å². The largest absolute Gasteiger partial charge is 2.00 e. The molecule has 0 amide bonds. The van der Waals surface area contributed by atoms with Gasteiger partial charge in [-0.05, 0) is 0 Å². The van der Waals surface area contributed by atoms with E-state index in [1.807, 2.05) is 0 Å². The standard InChI is InChI=1S/Mg.H2O4S.7H2O.2H/c;1-5(2,3)4;;;;;;;;;/h;(H2,1,2,3,4);7*1H2;;/q+2;;;;;;;;;2*-1. The molecule has 0 rings (SSSR count). The third kappa shape index (κ3) is 10400. The van der Waals surface area contributed by atoms with Crippen LogP contribution in [0.3, 0.4) is 0 Å². The molecule has 0 aromatic heterocycles. The molecular weight excluding hydrogens is 232 g/mol. The Morgan fingerprint density at radius 2 is 0.692 bits per heavy atom. The number of hydrogen-bond donors (Lipinski definition) is 2. The molecule has 16 N–H and O–H groups in total. The van der Waals surface area contributed by atoms with Crippen LogP contribution in [0.1, 0.15) is 2.85 Å². The van der Waals surface area contributed by atoms with Crippen LogP contribution < -0.4 is 0 Å². The minimum Gasteiger partial charge on any atom is -1.00 e. The Morgan fingerprint density at radius 3 is 0.692 bits per heavy atom. The molecule has 0 fully saturated rings. The fourth-order valence-electron chi connectivity index (χ4n) is 0. The van der Waals surface area contributed by atoms with E-state index in [4.69, 9.17) is 17.5 Å². The van der Waals surface area contributed by atoms with Gasteiger partial charge in [0.05, 0.1) is 0 Å². The molecule has 11 nitrogen and oxygen atoms in total. The van der Waals surface area contributed by atoms with E-state index in [2.05, 4.69) is 0 Å². The van der Waals surface area contributed by atoms with Gasteiger partial charge < -0.3 is 41.2 Å². The van der Waals surface area contributed by atoms with Gasteiger partial charge in [-0.1, -0.05) is 0 Å². The molecule has 0 aliphatic rings. The first-order valence-corrected chi connectivity index (χ1v) is 2.10. The third-order valence-corrected chi connectivity index (χ3v) is 0. The van der Waals surface area contributed by atoms with Crippen LogP contribution >= 0.6 is 0 Å². The maximum atomic E-state index is 8.74. The zero-order chi connectivity index (χ0) is 4.50. The predicted molar refractivity (Wildman–Crippen MR) is 47.5 cm³/mol. The summed E-state index contributed by atoms with van der Waals surface area (Å²) in [7, 11) is -4.67. The van der Waals surface area contributed by atoms with Gasteiger partial charge in [0.15, 0.2) is 0 Å². The minimum absolute atomic E-state index is 0. The van der Waals surface area contributed by atoms with E-state index in [1.165, 1.54) is 0 Å². The molecule has 0 atom stereocenters. The Kier molecular flexibility index (Phi) is 326. The molecule has 0 heterocycles. The average molecular weight is 251 g/mol. The maximum absolute atomic E-state index is 8.74. The van der Waals surface area contributed by atoms with E-state index in [9.17, 15) is 0 Å². The summed E-state index contributed by atoms with van der Waals surface area (Å²) in [5, 5.41) is 0. The van der Waals surface area contributed by atoms with Gasteiger partial charge >= 0.3 is 33.5 Å². The Hall–Kier alpha value is 0.356. The molecule has 0 saturated heterocycles. The first-order chi connectivity index (χ1) is 2.00. The molecule has 92 valence electrons. The van der Waals surface area contributed by atoms with Crippen LogP contribution in [0.25, 0.3) is 0 Å². The second kappa shape index (κ2) is 39.4. The summed E-state index contributed by atoms with van der Waals surface area (Å²) in [6.07, 6.45) is 0. The van der Waals surface area contributed by atoms with Gasteiger partial charge in [-0.25, -0.2) is 0 Å². The maximum Gasteiger partial charge on any atom is 2.00 e. The van der Waals surface area contributed by atoms with Crippen molar-refractivity contribution < 1.29 is 58.7 Å². The Morgan fingerprint density at radius 1 is 0.692 bits per heavy atom. The molecular formula is H18MgO11S. The summed E-state index contributed by atoms with van der Waals surface area (Å²) in [4.78, 5) is 0. The molecule has 0 saturated carbocycles. The van der Waals surface area contributed by atoms with Gasteiger partial charge in [-0.15, -0.1) is 0 Å². The number of rotatable bonds is 0. The van der Waals surface area contributed by atoms with E-state index in [-0.39, 0.29) is 64.2 Å². The van der Waals surface area contributed by atoms with Gasteiger partial charge in [0.2, 0.25) is 0 Å². The van der Waals surface area contributed by atoms with Crippen LogP contribution in [0.2, 0.25) is 0 Å². The summed E-state index contributed by atoms with van der Waals surface area (Å²) in [6.45, 7) is 0. The summed E-state index contributed by atoms with van der Waals surface area (Å²) in [5.74, 6) is 0. The van der Waals surface area contributed by atoms with Crippen LogP contribution in [0.5, 0.6) is 0 Å². The minimum atomic E-state index is -4.67. The van der Waals surface area contributed by atoms with Gasteiger partial charge in [-0.3, -0.25) is 9.11 Å². The summed E-state index contributed by atoms with van der Waals surface area (Å²) in [5.41, 5.74) is 0. The smallest absolute Gasteiger partial charge is 1.00 e. The van der Waals surface area contributed by atoms with Crippen LogP contribution in [-0.2, 0) is 10.4 Å². The van der Waals surface area contributed by atoms with Crippen molar-refractivity contribution in [2.24, 2.45) is 0 Å². The van der Waals surface area contributed by atoms with Crippen molar-refractivity contribution in [2.45, 2.75) is 0 Å². The van der Waals surface area contributed by atoms with Crippen molar-refractivity contribution in [3.63, 3.8) is 0 Å². The molecule has 0 radical (unpaired) electrons. The van der Waals surface area contributed by atoms with E-state index < -0.39 is 10.4 Å². The van der Waals surface area contributed by atoms with Gasteiger partial charge in [0.1, 0.15) is 0 Å². The van der Waals surface area contributed by atoms with Gasteiger partial charge in [0, 0.05) is 0 Å². The second-order valence-corrected chi connectivity index (χ2v) is 1.34. The number of hydrogen-bond acceptors (Lipinski definition) is 2. The molecule has 0 spiro atoms. The van der Waals surface area contributed by atoms with E-state index in [1.54, 1.807) is 0 Å². The van der Waals surface area contributed by atoms with Crippen molar-refractivity contribution in [3.8, 4) is 0 Å². The Bertz CT molecular complexity index is 102. The van der Waals surface area contributed by atoms with Crippen molar-refractivity contribution in [1.29, 1.82) is 0 Å². The van der Waals surface area contributed by atoms with Gasteiger partial charge in [0.25, 0.3) is 0 Å². The zero-order valence-electron chi connectivity index (χ0n) is 8.33. The van der Waals surface area contributed by atoms with Crippen molar-refractivity contribution in [2.75, 3.05) is 0 Å². The molecule has 13 heavy (non-hydrogen) atoms. The molecule has 0 aliphatic carbocycles. The zero-order valence-corrected chi connectivity index (χ0v) is 8.56. The Balaban J connectivity index is -0.00000000178. The van der Waals surface area contributed by atoms with Crippen LogP contribution in [0.15, 0.2) is 0 Å². The second-order valence-electron chi connectivity index (χ2n) is 0.448. The molecule has 0 unspecified atom stereocenters. The summed E-state index contributed by atoms with van der Waals surface area (Å²) < 4.78 is 31.6. The Labute approximate surface area is 92.6 Å². The van der Waals surface area contributed by atoms with Crippen molar-refractivity contribution in [1.82, 2.24) is 0 Å². The molecule has 0 aromatic carbocycles. The van der Waals surface area contributed by atoms with E-state index in [0.29, 0.717) is 0 Å². The normalized spacial score (nSPS) is 4.46. The van der Waals surface area contributed by atoms with Crippen LogP contribution in [0, 0.1) is 0 Å². The van der Waals surface area contributed by atoms with E-state index >= 15 is 0 Å². The first kappa shape index (κ1) is 107. The van der Waals surface area contributed by atoms with Crippen LogP contribution in [0.4, 0.5) is 0 Å². The van der Waals surface area contributed by atoms with Gasteiger partial charge in [-0.2, -0.15) is 8.42 Å². The molecule has 0 aliphatic heterocycles. The molecule has 0 bridgehead atoms. The third-order valence-electron chi connectivity index (χ3n) is 0. The van der Waals surface area contributed by atoms with E-state index in [0.717, 1.165) is 0 Å². The first-order valence-electron chi connectivity index (χ1n) is 0.698. The summed E-state index contributed by atoms with van der Waals surface area (Å²) >= 11 is 0. The average Bonchev–Trinajstić information content (AvgIpc) is 0.722. The van der Waals surface area contributed by atoms with Crippen LogP contribution in [-0.4, -0.2) is 78.9 Å². The summed E-state index contributed by atoms with van der Waals surface area (Å²) in [6, 6.07) is 0. The quantitative estimate of drug-likeness (QED) is 0.312.